The number of amides is 2. The highest BCUT2D eigenvalue weighted by atomic mass is 16.6. The van der Waals surface area contributed by atoms with Crippen molar-refractivity contribution >= 4 is 28.9 Å². The van der Waals surface area contributed by atoms with Crippen LogP contribution in [0.25, 0.3) is 0 Å². The number of hydrazone groups is 1. The molecule has 8 nitrogen and oxygen atoms in total. The zero-order chi connectivity index (χ0) is 21.0. The third-order valence-electron chi connectivity index (χ3n) is 5.00. The van der Waals surface area contributed by atoms with Crippen LogP contribution < -0.4 is 10.7 Å². The molecule has 150 valence electrons. The Hall–Kier alpha value is -3.55. The number of benzene rings is 2. The largest absolute Gasteiger partial charge is 0.326 e. The normalized spacial score (nSPS) is 14.1. The maximum absolute atomic E-state index is 12.3. The van der Waals surface area contributed by atoms with Crippen molar-refractivity contribution in [1.29, 1.82) is 0 Å². The summed E-state index contributed by atoms with van der Waals surface area (Å²) >= 11 is 0. The molecule has 2 N–H and O–H groups in total. The molecule has 0 unspecified atom stereocenters. The van der Waals surface area contributed by atoms with Gasteiger partial charge >= 0.3 is 0 Å². The molecule has 1 fully saturated rings. The minimum absolute atomic E-state index is 0.0323. The third-order valence-corrected chi connectivity index (χ3v) is 5.00. The molecular weight excluding hydrogens is 372 g/mol. The number of anilines is 1. The molecule has 0 aromatic heterocycles. The van der Waals surface area contributed by atoms with Crippen LogP contribution in [0.1, 0.15) is 47.7 Å². The molecule has 2 amide bonds. The van der Waals surface area contributed by atoms with E-state index in [-0.39, 0.29) is 23.1 Å². The zero-order valence-electron chi connectivity index (χ0n) is 16.3. The number of nitro benzene ring substituents is 1. The topological polar surface area (TPSA) is 114 Å². The predicted octanol–water partition coefficient (Wildman–Crippen LogP) is 3.80. The Morgan fingerprint density at radius 1 is 1.14 bits per heavy atom. The van der Waals surface area contributed by atoms with Crippen LogP contribution in [0.5, 0.6) is 0 Å². The number of carbonyl (C=O) groups excluding carboxylic acids is 2. The molecule has 8 heteroatoms. The first-order valence-electron chi connectivity index (χ1n) is 9.36. The van der Waals surface area contributed by atoms with E-state index < -0.39 is 10.8 Å². The van der Waals surface area contributed by atoms with Gasteiger partial charge in [-0.1, -0.05) is 18.6 Å². The monoisotopic (exact) mass is 394 g/mol. The van der Waals surface area contributed by atoms with E-state index in [1.54, 1.807) is 19.9 Å². The van der Waals surface area contributed by atoms with Gasteiger partial charge in [0.25, 0.3) is 11.6 Å². The molecular formula is C21H22N4O4. The lowest BCUT2D eigenvalue weighted by atomic mass is 9.85. The van der Waals surface area contributed by atoms with Crippen molar-refractivity contribution in [2.24, 2.45) is 11.0 Å². The summed E-state index contributed by atoms with van der Waals surface area (Å²) in [7, 11) is 0. The summed E-state index contributed by atoms with van der Waals surface area (Å²) in [5.74, 6) is -0.334. The second kappa shape index (κ2) is 8.64. The highest BCUT2D eigenvalue weighted by molar-refractivity contribution is 6.02. The van der Waals surface area contributed by atoms with Crippen LogP contribution in [-0.2, 0) is 4.79 Å². The maximum atomic E-state index is 12.3. The average Bonchev–Trinajstić information content (AvgIpc) is 2.64. The first-order chi connectivity index (χ1) is 13.8. The summed E-state index contributed by atoms with van der Waals surface area (Å²) in [5.41, 5.74) is 5.12. The predicted molar refractivity (Wildman–Crippen MR) is 110 cm³/mol. The fraction of sp³-hybridized carbons (Fsp3) is 0.286. The average molecular weight is 394 g/mol. The first kappa shape index (κ1) is 20.2. The lowest BCUT2D eigenvalue weighted by Crippen LogP contribution is -2.28. The Bertz CT molecular complexity index is 996. The van der Waals surface area contributed by atoms with Crippen LogP contribution in [0.2, 0.25) is 0 Å². The Morgan fingerprint density at radius 2 is 1.90 bits per heavy atom. The van der Waals surface area contributed by atoms with Gasteiger partial charge in [-0.3, -0.25) is 19.7 Å². The smallest absolute Gasteiger partial charge is 0.272 e. The van der Waals surface area contributed by atoms with Crippen LogP contribution in [0.3, 0.4) is 0 Å². The van der Waals surface area contributed by atoms with Crippen molar-refractivity contribution in [3.63, 3.8) is 0 Å². The molecule has 2 aromatic rings. The lowest BCUT2D eigenvalue weighted by Gasteiger charge is -2.24. The minimum atomic E-state index is -0.490. The lowest BCUT2D eigenvalue weighted by molar-refractivity contribution is -0.385. The molecule has 0 radical (unpaired) electrons. The van der Waals surface area contributed by atoms with Crippen molar-refractivity contribution in [1.82, 2.24) is 5.43 Å². The van der Waals surface area contributed by atoms with Crippen LogP contribution in [0, 0.1) is 23.0 Å². The molecule has 1 saturated carbocycles. The summed E-state index contributed by atoms with van der Waals surface area (Å²) in [4.78, 5) is 34.8. The highest BCUT2D eigenvalue weighted by Gasteiger charge is 2.25. The molecule has 29 heavy (non-hydrogen) atoms. The number of carbonyl (C=O) groups is 2. The van der Waals surface area contributed by atoms with Crippen molar-refractivity contribution < 1.29 is 14.5 Å². The van der Waals surface area contributed by atoms with Gasteiger partial charge in [0, 0.05) is 28.8 Å². The fourth-order valence-corrected chi connectivity index (χ4v) is 3.00. The molecule has 0 spiro atoms. The van der Waals surface area contributed by atoms with Crippen LogP contribution >= 0.6 is 0 Å². The van der Waals surface area contributed by atoms with Gasteiger partial charge in [0.2, 0.25) is 5.91 Å². The Balaban J connectivity index is 1.67. The number of hydrogen-bond acceptors (Lipinski definition) is 5. The molecule has 0 saturated heterocycles. The number of nitro groups is 1. The van der Waals surface area contributed by atoms with Crippen molar-refractivity contribution in [3.8, 4) is 0 Å². The van der Waals surface area contributed by atoms with Crippen molar-refractivity contribution in [2.75, 3.05) is 5.32 Å². The van der Waals surface area contributed by atoms with Gasteiger partial charge in [-0.15, -0.1) is 0 Å². The minimum Gasteiger partial charge on any atom is -0.326 e. The van der Waals surface area contributed by atoms with Crippen LogP contribution in [0.4, 0.5) is 11.4 Å². The molecule has 2 aromatic carbocycles. The van der Waals surface area contributed by atoms with E-state index in [2.05, 4.69) is 15.8 Å². The molecule has 0 bridgehead atoms. The number of aryl methyl sites for hydroxylation is 1. The molecule has 0 heterocycles. The Kier molecular flexibility index (Phi) is 6.01. The maximum Gasteiger partial charge on any atom is 0.272 e. The molecule has 1 aliphatic carbocycles. The van der Waals surface area contributed by atoms with Crippen LogP contribution in [0.15, 0.2) is 47.6 Å². The highest BCUT2D eigenvalue weighted by Crippen LogP contribution is 2.27. The van der Waals surface area contributed by atoms with Gasteiger partial charge in [0.15, 0.2) is 0 Å². The standard InChI is InChI=1S/C21H22N4O4/c1-13-11-17(9-10-19(13)25(28)29)21(27)24-23-14(2)16-7-4-8-18(12-16)22-20(26)15-5-3-6-15/h4,7-12,15H,3,5-6H2,1-2H3,(H,22,26)(H,24,27)/b23-14-. The number of hydrogen-bond donors (Lipinski definition) is 2. The summed E-state index contributed by atoms with van der Waals surface area (Å²) in [5, 5.41) is 17.9. The van der Waals surface area contributed by atoms with Gasteiger partial charge in [-0.2, -0.15) is 5.10 Å². The summed E-state index contributed by atoms with van der Waals surface area (Å²) in [6.45, 7) is 3.32. The summed E-state index contributed by atoms with van der Waals surface area (Å²) < 4.78 is 0. The van der Waals surface area contributed by atoms with E-state index in [0.29, 0.717) is 17.0 Å². The van der Waals surface area contributed by atoms with Gasteiger partial charge in [-0.25, -0.2) is 5.43 Å². The second-order valence-corrected chi connectivity index (χ2v) is 7.09. The number of nitrogens with zero attached hydrogens (tertiary/aromatic N) is 2. The number of rotatable bonds is 6. The SMILES string of the molecule is C/C(=N/NC(=O)c1ccc([N+](=O)[O-])c(C)c1)c1cccc(NC(=O)C2CCC2)c1. The van der Waals surface area contributed by atoms with Gasteiger partial charge in [0.1, 0.15) is 0 Å². The summed E-state index contributed by atoms with van der Waals surface area (Å²) in [6, 6.07) is 11.4. The quantitative estimate of drug-likeness (QED) is 0.441. The van der Waals surface area contributed by atoms with Gasteiger partial charge < -0.3 is 5.32 Å². The third kappa shape index (κ3) is 4.84. The van der Waals surface area contributed by atoms with E-state index >= 15 is 0 Å². The van der Waals surface area contributed by atoms with E-state index in [1.165, 1.54) is 18.2 Å². The van der Waals surface area contributed by atoms with E-state index in [9.17, 15) is 19.7 Å². The van der Waals surface area contributed by atoms with Gasteiger partial charge in [-0.05, 0) is 56.5 Å². The van der Waals surface area contributed by atoms with E-state index in [0.717, 1.165) is 24.8 Å². The number of nitrogens with one attached hydrogen (secondary N) is 2. The molecule has 0 aliphatic heterocycles. The summed E-state index contributed by atoms with van der Waals surface area (Å²) in [6.07, 6.45) is 2.96. The van der Waals surface area contributed by atoms with E-state index in [1.807, 2.05) is 18.2 Å². The van der Waals surface area contributed by atoms with Crippen LogP contribution in [-0.4, -0.2) is 22.4 Å². The van der Waals surface area contributed by atoms with Crippen molar-refractivity contribution in [3.05, 3.63) is 69.3 Å². The first-order valence-corrected chi connectivity index (χ1v) is 9.36. The van der Waals surface area contributed by atoms with E-state index in [4.69, 9.17) is 0 Å². The second-order valence-electron chi connectivity index (χ2n) is 7.09. The van der Waals surface area contributed by atoms with Gasteiger partial charge in [0.05, 0.1) is 10.6 Å². The zero-order valence-corrected chi connectivity index (χ0v) is 16.3. The molecule has 0 atom stereocenters. The Labute approximate surface area is 168 Å². The molecule has 3 rings (SSSR count). The fourth-order valence-electron chi connectivity index (χ4n) is 3.00. The Morgan fingerprint density at radius 3 is 2.52 bits per heavy atom. The van der Waals surface area contributed by atoms with Crippen molar-refractivity contribution in [2.45, 2.75) is 33.1 Å². The molecule has 1 aliphatic rings.